The van der Waals surface area contributed by atoms with Crippen LogP contribution in [0.15, 0.2) is 0 Å². The third-order valence-corrected chi connectivity index (χ3v) is 3.46. The van der Waals surface area contributed by atoms with E-state index < -0.39 is 0 Å². The molecule has 1 aliphatic rings. The molecule has 0 unspecified atom stereocenters. The minimum absolute atomic E-state index is 0.164. The van der Waals surface area contributed by atoms with Crippen molar-refractivity contribution in [3.8, 4) is 0 Å². The van der Waals surface area contributed by atoms with Crippen molar-refractivity contribution in [3.05, 3.63) is 0 Å². The first-order valence-corrected chi connectivity index (χ1v) is 6.04. The zero-order valence-electron chi connectivity index (χ0n) is 9.25. The van der Waals surface area contributed by atoms with Crippen LogP contribution in [-0.4, -0.2) is 40.4 Å². The molecular formula is C10H20N2OS. The lowest BCUT2D eigenvalue weighted by molar-refractivity contribution is -0.127. The van der Waals surface area contributed by atoms with Crippen molar-refractivity contribution in [2.75, 3.05) is 18.8 Å². The van der Waals surface area contributed by atoms with Gasteiger partial charge in [-0.25, -0.2) is 0 Å². The largest absolute Gasteiger partial charge is 0.340 e. The summed E-state index contributed by atoms with van der Waals surface area (Å²) in [5.74, 6) is 0.814. The van der Waals surface area contributed by atoms with Gasteiger partial charge in [0, 0.05) is 23.9 Å². The molecule has 1 rings (SSSR count). The fourth-order valence-corrected chi connectivity index (χ4v) is 2.12. The molecule has 0 aromatic heterocycles. The van der Waals surface area contributed by atoms with Crippen LogP contribution in [0, 0.1) is 0 Å². The van der Waals surface area contributed by atoms with E-state index in [4.69, 9.17) is 5.73 Å². The number of nitrogens with two attached hydrogens (primary N) is 1. The highest BCUT2D eigenvalue weighted by Gasteiger charge is 2.24. The lowest BCUT2D eigenvalue weighted by Gasteiger charge is -2.20. The Kier molecular flexibility index (Phi) is 3.84. The molecule has 0 spiro atoms. The van der Waals surface area contributed by atoms with Gasteiger partial charge in [0.2, 0.25) is 5.91 Å². The van der Waals surface area contributed by atoms with Crippen LogP contribution in [0.2, 0.25) is 0 Å². The Bertz CT molecular complexity index is 213. The summed E-state index contributed by atoms with van der Waals surface area (Å²) in [6, 6.07) is 0.193. The van der Waals surface area contributed by atoms with E-state index in [0.717, 1.165) is 19.5 Å². The van der Waals surface area contributed by atoms with Crippen molar-refractivity contribution < 1.29 is 4.79 Å². The number of carbonyl (C=O) groups is 1. The Hall–Kier alpha value is -0.220. The van der Waals surface area contributed by atoms with Crippen LogP contribution in [0.1, 0.15) is 27.2 Å². The average molecular weight is 216 g/mol. The zero-order valence-corrected chi connectivity index (χ0v) is 10.1. The normalized spacial score (nSPS) is 22.9. The molecular weight excluding hydrogens is 196 g/mol. The van der Waals surface area contributed by atoms with E-state index in [0.29, 0.717) is 5.75 Å². The topological polar surface area (TPSA) is 46.3 Å². The predicted molar refractivity (Wildman–Crippen MR) is 61.4 cm³/mol. The highest BCUT2D eigenvalue weighted by molar-refractivity contribution is 8.01. The van der Waals surface area contributed by atoms with Crippen LogP contribution in [-0.2, 0) is 4.79 Å². The highest BCUT2D eigenvalue weighted by Crippen LogP contribution is 2.23. The number of thioether (sulfide) groups is 1. The average Bonchev–Trinajstić information content (AvgIpc) is 2.46. The molecule has 0 bridgehead atoms. The molecule has 4 heteroatoms. The molecule has 14 heavy (non-hydrogen) atoms. The molecule has 1 aliphatic heterocycles. The summed E-state index contributed by atoms with van der Waals surface area (Å²) in [5, 5.41) is 0. The number of nitrogens with zero attached hydrogens (tertiary/aromatic N) is 1. The minimum Gasteiger partial charge on any atom is -0.340 e. The predicted octanol–water partition coefficient (Wildman–Crippen LogP) is 1.08. The quantitative estimate of drug-likeness (QED) is 0.751. The van der Waals surface area contributed by atoms with Crippen molar-refractivity contribution in [1.29, 1.82) is 0 Å². The first kappa shape index (κ1) is 11.9. The summed E-state index contributed by atoms with van der Waals surface area (Å²) >= 11 is 1.70. The second-order valence-electron chi connectivity index (χ2n) is 4.79. The molecule has 0 aliphatic carbocycles. The van der Waals surface area contributed by atoms with Gasteiger partial charge in [-0.3, -0.25) is 4.79 Å². The first-order valence-electron chi connectivity index (χ1n) is 5.06. The first-order chi connectivity index (χ1) is 6.38. The van der Waals surface area contributed by atoms with Crippen molar-refractivity contribution >= 4 is 17.7 Å². The molecule has 1 heterocycles. The fourth-order valence-electron chi connectivity index (χ4n) is 1.38. The summed E-state index contributed by atoms with van der Waals surface area (Å²) < 4.78 is 0.164. The van der Waals surface area contributed by atoms with Gasteiger partial charge in [0.1, 0.15) is 0 Å². The van der Waals surface area contributed by atoms with Crippen LogP contribution >= 0.6 is 11.8 Å². The molecule has 82 valence electrons. The molecule has 0 aromatic rings. The van der Waals surface area contributed by atoms with Gasteiger partial charge < -0.3 is 10.6 Å². The Morgan fingerprint density at radius 3 is 2.64 bits per heavy atom. The fraction of sp³-hybridized carbons (Fsp3) is 0.900. The molecule has 1 amide bonds. The Morgan fingerprint density at radius 1 is 1.57 bits per heavy atom. The van der Waals surface area contributed by atoms with E-state index in [1.165, 1.54) is 0 Å². The summed E-state index contributed by atoms with van der Waals surface area (Å²) in [6.07, 6.45) is 0.950. The standard InChI is InChI=1S/C10H20N2OS/c1-10(2,3)14-7-9(13)12-5-4-8(11)6-12/h8H,4-7,11H2,1-3H3/t8-/m0/s1. The molecule has 0 aromatic carbocycles. The van der Waals surface area contributed by atoms with Gasteiger partial charge in [-0.05, 0) is 6.42 Å². The van der Waals surface area contributed by atoms with E-state index in [1.54, 1.807) is 11.8 Å². The molecule has 2 N–H and O–H groups in total. The van der Waals surface area contributed by atoms with Gasteiger partial charge in [-0.15, -0.1) is 11.8 Å². The van der Waals surface area contributed by atoms with Crippen LogP contribution in [0.3, 0.4) is 0 Å². The lowest BCUT2D eigenvalue weighted by Crippen LogP contribution is -2.33. The number of likely N-dealkylation sites (tertiary alicyclic amines) is 1. The number of amides is 1. The highest BCUT2D eigenvalue weighted by atomic mass is 32.2. The van der Waals surface area contributed by atoms with E-state index in [1.807, 2.05) is 4.90 Å². The van der Waals surface area contributed by atoms with E-state index in [2.05, 4.69) is 20.8 Å². The van der Waals surface area contributed by atoms with Crippen LogP contribution < -0.4 is 5.73 Å². The van der Waals surface area contributed by atoms with E-state index in [9.17, 15) is 4.79 Å². The molecule has 0 radical (unpaired) electrons. The number of hydrogen-bond acceptors (Lipinski definition) is 3. The summed E-state index contributed by atoms with van der Waals surface area (Å²) in [7, 11) is 0. The van der Waals surface area contributed by atoms with Crippen molar-refractivity contribution in [3.63, 3.8) is 0 Å². The minimum atomic E-state index is 0.164. The maximum atomic E-state index is 11.7. The SMILES string of the molecule is CC(C)(C)SCC(=O)N1CC[C@H](N)C1. The van der Waals surface area contributed by atoms with E-state index >= 15 is 0 Å². The molecule has 0 saturated carbocycles. The molecule has 3 nitrogen and oxygen atoms in total. The van der Waals surface area contributed by atoms with Crippen molar-refractivity contribution in [1.82, 2.24) is 4.90 Å². The number of carbonyl (C=O) groups excluding carboxylic acids is 1. The second-order valence-corrected chi connectivity index (χ2v) is 6.59. The zero-order chi connectivity index (χ0) is 10.8. The van der Waals surface area contributed by atoms with Gasteiger partial charge in [-0.2, -0.15) is 0 Å². The van der Waals surface area contributed by atoms with Gasteiger partial charge in [0.15, 0.2) is 0 Å². The van der Waals surface area contributed by atoms with Gasteiger partial charge >= 0.3 is 0 Å². The summed E-state index contributed by atoms with van der Waals surface area (Å²) in [5.41, 5.74) is 5.74. The van der Waals surface area contributed by atoms with Gasteiger partial charge in [-0.1, -0.05) is 20.8 Å². The maximum absolute atomic E-state index is 11.7. The molecule has 1 atom stereocenters. The second kappa shape index (κ2) is 4.53. The molecule has 1 saturated heterocycles. The van der Waals surface area contributed by atoms with Crippen LogP contribution in [0.25, 0.3) is 0 Å². The Balaban J connectivity index is 2.29. The Labute approximate surface area is 90.4 Å². The summed E-state index contributed by atoms with van der Waals surface area (Å²) in [4.78, 5) is 13.6. The smallest absolute Gasteiger partial charge is 0.232 e. The van der Waals surface area contributed by atoms with Gasteiger partial charge in [0.05, 0.1) is 5.75 Å². The maximum Gasteiger partial charge on any atom is 0.232 e. The third kappa shape index (κ3) is 3.88. The molecule has 1 fully saturated rings. The number of rotatable bonds is 2. The monoisotopic (exact) mass is 216 g/mol. The van der Waals surface area contributed by atoms with Crippen LogP contribution in [0.4, 0.5) is 0 Å². The van der Waals surface area contributed by atoms with Crippen LogP contribution in [0.5, 0.6) is 0 Å². The third-order valence-electron chi connectivity index (χ3n) is 2.21. The Morgan fingerprint density at radius 2 is 2.21 bits per heavy atom. The van der Waals surface area contributed by atoms with Crippen molar-refractivity contribution in [2.45, 2.75) is 38.0 Å². The van der Waals surface area contributed by atoms with E-state index in [-0.39, 0.29) is 16.7 Å². The lowest BCUT2D eigenvalue weighted by atomic mass is 10.3. The summed E-state index contributed by atoms with van der Waals surface area (Å²) in [6.45, 7) is 7.95. The van der Waals surface area contributed by atoms with Crippen molar-refractivity contribution in [2.24, 2.45) is 5.73 Å². The number of hydrogen-bond donors (Lipinski definition) is 1. The van der Waals surface area contributed by atoms with Gasteiger partial charge in [0.25, 0.3) is 0 Å².